The summed E-state index contributed by atoms with van der Waals surface area (Å²) in [7, 11) is 0. The molecule has 13 heavy (non-hydrogen) atoms. The van der Waals surface area contributed by atoms with Crippen LogP contribution in [0.1, 0.15) is 19.8 Å². The molecular weight excluding hydrogens is 170 g/mol. The van der Waals surface area contributed by atoms with E-state index in [1.807, 2.05) is 0 Å². The smallest absolute Gasteiger partial charge is 0.407 e. The first-order chi connectivity index (χ1) is 6.31. The zero-order valence-corrected chi connectivity index (χ0v) is 8.17. The predicted octanol–water partition coefficient (Wildman–Crippen LogP) is 1.36. The topological polar surface area (TPSA) is 47.6 Å². The summed E-state index contributed by atoms with van der Waals surface area (Å²) in [5, 5.41) is 2.63. The van der Waals surface area contributed by atoms with Gasteiger partial charge in [-0.2, -0.15) is 0 Å². The zero-order chi connectivity index (χ0) is 9.94. The van der Waals surface area contributed by atoms with E-state index in [0.717, 1.165) is 12.8 Å². The van der Waals surface area contributed by atoms with E-state index in [2.05, 4.69) is 19.2 Å². The second-order valence-corrected chi connectivity index (χ2v) is 2.53. The number of carbonyl (C=O) groups excluding carboxylic acids is 1. The van der Waals surface area contributed by atoms with Crippen LogP contribution in [0, 0.1) is 6.92 Å². The number of alkyl carbamates (subject to hydrolysis) is 1. The molecule has 0 saturated carbocycles. The van der Waals surface area contributed by atoms with Crippen molar-refractivity contribution in [3.8, 4) is 0 Å². The zero-order valence-electron chi connectivity index (χ0n) is 8.17. The molecular formula is C9H18NO3. The second kappa shape index (κ2) is 9.32. The van der Waals surface area contributed by atoms with Gasteiger partial charge in [-0.15, -0.1) is 0 Å². The van der Waals surface area contributed by atoms with Crippen molar-refractivity contribution < 1.29 is 14.3 Å². The monoisotopic (exact) mass is 188 g/mol. The maximum Gasteiger partial charge on any atom is 0.407 e. The van der Waals surface area contributed by atoms with Gasteiger partial charge in [-0.3, -0.25) is 0 Å². The Morgan fingerprint density at radius 3 is 2.85 bits per heavy atom. The number of rotatable bonds is 7. The summed E-state index contributed by atoms with van der Waals surface area (Å²) in [6, 6.07) is 0. The molecule has 0 aliphatic heterocycles. The van der Waals surface area contributed by atoms with Crippen molar-refractivity contribution in [3.63, 3.8) is 0 Å². The van der Waals surface area contributed by atoms with Gasteiger partial charge in [-0.25, -0.2) is 4.79 Å². The van der Waals surface area contributed by atoms with Gasteiger partial charge in [-0.1, -0.05) is 13.3 Å². The van der Waals surface area contributed by atoms with Gasteiger partial charge in [0.05, 0.1) is 6.61 Å². The van der Waals surface area contributed by atoms with Crippen LogP contribution in [0.25, 0.3) is 0 Å². The molecule has 4 nitrogen and oxygen atoms in total. The summed E-state index contributed by atoms with van der Waals surface area (Å²) >= 11 is 0. The van der Waals surface area contributed by atoms with Crippen LogP contribution in [-0.2, 0) is 9.47 Å². The molecule has 0 aromatic heterocycles. The van der Waals surface area contributed by atoms with Crippen LogP contribution >= 0.6 is 0 Å². The van der Waals surface area contributed by atoms with E-state index in [1.165, 1.54) is 0 Å². The summed E-state index contributed by atoms with van der Waals surface area (Å²) in [6.07, 6.45) is 1.66. The molecule has 0 spiro atoms. The number of hydrogen-bond donors (Lipinski definition) is 1. The minimum absolute atomic E-state index is 0.285. The minimum atomic E-state index is -0.374. The van der Waals surface area contributed by atoms with E-state index in [1.54, 1.807) is 0 Å². The highest BCUT2D eigenvalue weighted by Gasteiger charge is 1.98. The molecule has 0 saturated heterocycles. The van der Waals surface area contributed by atoms with Gasteiger partial charge < -0.3 is 14.8 Å². The van der Waals surface area contributed by atoms with Crippen LogP contribution in [-0.4, -0.2) is 32.5 Å². The third-order valence-electron chi connectivity index (χ3n) is 1.40. The lowest BCUT2D eigenvalue weighted by Crippen LogP contribution is -2.26. The van der Waals surface area contributed by atoms with E-state index >= 15 is 0 Å². The molecule has 0 aliphatic rings. The van der Waals surface area contributed by atoms with Crippen LogP contribution < -0.4 is 5.32 Å². The van der Waals surface area contributed by atoms with Crippen molar-refractivity contribution >= 4 is 6.09 Å². The number of unbranched alkanes of at least 4 members (excludes halogenated alkanes) is 1. The molecule has 0 bridgehead atoms. The number of hydrogen-bond acceptors (Lipinski definition) is 3. The first-order valence-corrected chi connectivity index (χ1v) is 4.58. The van der Waals surface area contributed by atoms with Gasteiger partial charge in [0.1, 0.15) is 6.61 Å². The first kappa shape index (κ1) is 12.2. The molecule has 0 aromatic carbocycles. The van der Waals surface area contributed by atoms with Gasteiger partial charge in [-0.05, 0) is 13.3 Å². The van der Waals surface area contributed by atoms with E-state index in [0.29, 0.717) is 19.8 Å². The van der Waals surface area contributed by atoms with Crippen LogP contribution in [0.2, 0.25) is 0 Å². The lowest BCUT2D eigenvalue weighted by atomic mass is 10.3. The van der Waals surface area contributed by atoms with Crippen LogP contribution in [0.5, 0.6) is 0 Å². The van der Waals surface area contributed by atoms with Crippen LogP contribution in [0.15, 0.2) is 0 Å². The summed E-state index contributed by atoms with van der Waals surface area (Å²) in [6.45, 7) is 7.32. The van der Waals surface area contributed by atoms with Crippen molar-refractivity contribution in [1.29, 1.82) is 0 Å². The maximum absolute atomic E-state index is 10.9. The lowest BCUT2D eigenvalue weighted by Gasteiger charge is -2.05. The molecule has 0 aliphatic carbocycles. The largest absolute Gasteiger partial charge is 0.447 e. The highest BCUT2D eigenvalue weighted by Crippen LogP contribution is 1.84. The molecule has 0 heterocycles. The summed E-state index contributed by atoms with van der Waals surface area (Å²) in [5.74, 6) is 0. The fraction of sp³-hybridized carbons (Fsp3) is 0.778. The van der Waals surface area contributed by atoms with Crippen LogP contribution in [0.4, 0.5) is 4.79 Å². The molecule has 0 aromatic rings. The Labute approximate surface area is 79.6 Å². The molecule has 1 amide bonds. The average molecular weight is 188 g/mol. The molecule has 77 valence electrons. The van der Waals surface area contributed by atoms with Crippen molar-refractivity contribution in [2.45, 2.75) is 19.8 Å². The molecule has 0 rings (SSSR count). The summed E-state index contributed by atoms with van der Waals surface area (Å²) in [5.41, 5.74) is 0. The van der Waals surface area contributed by atoms with Crippen LogP contribution in [0.3, 0.4) is 0 Å². The average Bonchev–Trinajstić information content (AvgIpc) is 2.13. The summed E-state index contributed by atoms with van der Waals surface area (Å²) < 4.78 is 9.68. The number of amides is 1. The number of ether oxygens (including phenoxy) is 2. The fourth-order valence-corrected chi connectivity index (χ4v) is 0.714. The van der Waals surface area contributed by atoms with Gasteiger partial charge in [0, 0.05) is 13.2 Å². The molecule has 4 heteroatoms. The van der Waals surface area contributed by atoms with Crippen molar-refractivity contribution in [1.82, 2.24) is 5.32 Å². The molecule has 0 fully saturated rings. The van der Waals surface area contributed by atoms with E-state index < -0.39 is 0 Å². The molecule has 1 radical (unpaired) electrons. The van der Waals surface area contributed by atoms with E-state index in [9.17, 15) is 4.79 Å². The van der Waals surface area contributed by atoms with Crippen molar-refractivity contribution in [2.24, 2.45) is 0 Å². The third kappa shape index (κ3) is 9.14. The standard InChI is InChI=1S/C9H18NO3/c1-3-5-6-10-9(11)13-8-7-12-4-2/h2-8H2,1H3,(H,10,11). The fourth-order valence-electron chi connectivity index (χ4n) is 0.714. The highest BCUT2D eigenvalue weighted by molar-refractivity contribution is 5.66. The summed E-state index contributed by atoms with van der Waals surface area (Å²) in [4.78, 5) is 10.9. The predicted molar refractivity (Wildman–Crippen MR) is 50.4 cm³/mol. The first-order valence-electron chi connectivity index (χ1n) is 4.58. The van der Waals surface area contributed by atoms with Crippen molar-refractivity contribution in [2.75, 3.05) is 26.4 Å². The van der Waals surface area contributed by atoms with E-state index in [4.69, 9.17) is 9.47 Å². The normalized spacial score (nSPS) is 9.69. The quantitative estimate of drug-likeness (QED) is 0.614. The lowest BCUT2D eigenvalue weighted by molar-refractivity contribution is 0.0846. The Bertz CT molecular complexity index is 128. The molecule has 0 atom stereocenters. The Balaban J connectivity index is 3.11. The Hall–Kier alpha value is -0.770. The number of carbonyl (C=O) groups is 1. The maximum atomic E-state index is 10.9. The van der Waals surface area contributed by atoms with Gasteiger partial charge in [0.15, 0.2) is 0 Å². The third-order valence-corrected chi connectivity index (χ3v) is 1.40. The highest BCUT2D eigenvalue weighted by atomic mass is 16.6. The Kier molecular flexibility index (Phi) is 8.77. The second-order valence-electron chi connectivity index (χ2n) is 2.53. The van der Waals surface area contributed by atoms with Gasteiger partial charge in [0.25, 0.3) is 0 Å². The SMILES string of the molecule is [CH2]COCCOC(=O)NCCCC. The van der Waals surface area contributed by atoms with E-state index in [-0.39, 0.29) is 12.7 Å². The molecule has 0 unspecified atom stereocenters. The molecule has 1 N–H and O–H groups in total. The van der Waals surface area contributed by atoms with Crippen molar-refractivity contribution in [3.05, 3.63) is 6.92 Å². The minimum Gasteiger partial charge on any atom is -0.447 e. The Morgan fingerprint density at radius 1 is 1.46 bits per heavy atom. The van der Waals surface area contributed by atoms with Gasteiger partial charge >= 0.3 is 6.09 Å². The number of nitrogens with one attached hydrogen (secondary N) is 1. The Morgan fingerprint density at radius 2 is 2.23 bits per heavy atom. The van der Waals surface area contributed by atoms with Gasteiger partial charge in [0.2, 0.25) is 0 Å².